The molecule has 1 fully saturated rings. The van der Waals surface area contributed by atoms with Crippen LogP contribution in [0.15, 0.2) is 84.9 Å². The summed E-state index contributed by atoms with van der Waals surface area (Å²) in [5.74, 6) is 0.940. The summed E-state index contributed by atoms with van der Waals surface area (Å²) in [6.07, 6.45) is 6.75. The van der Waals surface area contributed by atoms with Gasteiger partial charge in [0.2, 0.25) is 0 Å². The lowest BCUT2D eigenvalue weighted by atomic mass is 9.96. The number of benzene rings is 3. The minimum atomic E-state index is 0.687. The van der Waals surface area contributed by atoms with Crippen molar-refractivity contribution in [2.24, 2.45) is 0 Å². The van der Waals surface area contributed by atoms with Crippen LogP contribution in [0.25, 0.3) is 0 Å². The fourth-order valence-electron chi connectivity index (χ4n) is 4.16. The Morgan fingerprint density at radius 1 is 0.733 bits per heavy atom. The maximum atomic E-state index is 5.95. The first-order valence-electron chi connectivity index (χ1n) is 11.2. The smallest absolute Gasteiger partial charge is 0.119 e. The Bertz CT molecular complexity index is 819. The summed E-state index contributed by atoms with van der Waals surface area (Å²) in [5, 5.41) is 3.63. The minimum Gasteiger partial charge on any atom is -0.492 e. The molecular weight excluding hydrogens is 368 g/mol. The number of hydrogen-bond acceptors (Lipinski definition) is 3. The van der Waals surface area contributed by atoms with E-state index in [1.54, 1.807) is 0 Å². The molecule has 1 saturated carbocycles. The Hall–Kier alpha value is -2.78. The lowest BCUT2D eigenvalue weighted by Crippen LogP contribution is -2.34. The number of ether oxygens (including phenoxy) is 1. The third kappa shape index (κ3) is 5.87. The fourth-order valence-corrected chi connectivity index (χ4v) is 4.16. The van der Waals surface area contributed by atoms with E-state index in [0.29, 0.717) is 6.04 Å². The second-order valence-corrected chi connectivity index (χ2v) is 8.04. The molecule has 0 aromatic heterocycles. The van der Waals surface area contributed by atoms with Crippen LogP contribution in [-0.4, -0.2) is 19.2 Å². The number of rotatable bonds is 9. The van der Waals surface area contributed by atoms with Crippen molar-refractivity contribution in [1.82, 2.24) is 5.32 Å². The van der Waals surface area contributed by atoms with Crippen LogP contribution < -0.4 is 15.0 Å². The Morgan fingerprint density at radius 2 is 1.33 bits per heavy atom. The molecule has 0 bridgehead atoms. The van der Waals surface area contributed by atoms with Gasteiger partial charge in [-0.1, -0.05) is 67.8 Å². The summed E-state index contributed by atoms with van der Waals surface area (Å²) in [6.45, 7) is 2.45. The average Bonchev–Trinajstić information content (AvgIpc) is 2.83. The molecular formula is C27H32N2O. The van der Waals surface area contributed by atoms with Gasteiger partial charge in [0.25, 0.3) is 0 Å². The highest BCUT2D eigenvalue weighted by Crippen LogP contribution is 2.27. The summed E-state index contributed by atoms with van der Waals surface area (Å²) in [7, 11) is 0. The minimum absolute atomic E-state index is 0.687. The van der Waals surface area contributed by atoms with Gasteiger partial charge in [0.05, 0.1) is 0 Å². The molecule has 30 heavy (non-hydrogen) atoms. The molecule has 0 aliphatic heterocycles. The third-order valence-corrected chi connectivity index (χ3v) is 5.81. The van der Waals surface area contributed by atoms with E-state index in [1.807, 2.05) is 0 Å². The highest BCUT2D eigenvalue weighted by molar-refractivity contribution is 5.63. The zero-order valence-electron chi connectivity index (χ0n) is 17.7. The van der Waals surface area contributed by atoms with Gasteiger partial charge >= 0.3 is 0 Å². The molecule has 0 saturated heterocycles. The van der Waals surface area contributed by atoms with Crippen LogP contribution in [0.2, 0.25) is 0 Å². The molecule has 0 atom stereocenters. The first-order valence-corrected chi connectivity index (χ1v) is 11.2. The average molecular weight is 401 g/mol. The van der Waals surface area contributed by atoms with Crippen LogP contribution in [0, 0.1) is 0 Å². The number of nitrogens with zero attached hydrogens (tertiary/aromatic N) is 1. The van der Waals surface area contributed by atoms with E-state index < -0.39 is 0 Å². The predicted octanol–water partition coefficient (Wildman–Crippen LogP) is 6.33. The molecule has 0 heterocycles. The van der Waals surface area contributed by atoms with E-state index in [2.05, 4.69) is 95.1 Å². The van der Waals surface area contributed by atoms with E-state index in [9.17, 15) is 0 Å². The van der Waals surface area contributed by atoms with Gasteiger partial charge in [-0.3, -0.25) is 0 Å². The molecule has 3 aromatic rings. The van der Waals surface area contributed by atoms with Crippen LogP contribution >= 0.6 is 0 Å². The van der Waals surface area contributed by atoms with Crippen molar-refractivity contribution in [2.75, 3.05) is 18.1 Å². The van der Waals surface area contributed by atoms with E-state index in [-0.39, 0.29) is 0 Å². The number of anilines is 2. The molecule has 0 amide bonds. The van der Waals surface area contributed by atoms with Gasteiger partial charge in [0, 0.05) is 30.5 Å². The van der Waals surface area contributed by atoms with Gasteiger partial charge < -0.3 is 15.0 Å². The van der Waals surface area contributed by atoms with Crippen molar-refractivity contribution in [3.05, 3.63) is 90.5 Å². The molecule has 3 heteroatoms. The van der Waals surface area contributed by atoms with Crippen molar-refractivity contribution >= 4 is 11.4 Å². The van der Waals surface area contributed by atoms with E-state index in [0.717, 1.165) is 25.4 Å². The highest BCUT2D eigenvalue weighted by atomic mass is 16.5. The SMILES string of the molecule is c1ccc(N(Cc2ccc(OCCNC3CCCCC3)cc2)c2ccccc2)cc1. The molecule has 0 radical (unpaired) electrons. The summed E-state index contributed by atoms with van der Waals surface area (Å²) < 4.78 is 5.95. The molecule has 1 N–H and O–H groups in total. The van der Waals surface area contributed by atoms with Crippen molar-refractivity contribution in [3.8, 4) is 5.75 Å². The van der Waals surface area contributed by atoms with E-state index in [4.69, 9.17) is 4.74 Å². The standard InChI is InChI=1S/C27H32N2O/c1-4-10-24(11-5-1)28-20-21-30-27-18-16-23(17-19-27)22-29(25-12-6-2-7-13-25)26-14-8-3-9-15-26/h2-3,6-9,12-19,24,28H,1,4-5,10-11,20-22H2. The van der Waals surface area contributed by atoms with Crippen LogP contribution in [0.3, 0.4) is 0 Å². The van der Waals surface area contributed by atoms with Gasteiger partial charge in [-0.15, -0.1) is 0 Å². The molecule has 3 aromatic carbocycles. The lowest BCUT2D eigenvalue weighted by molar-refractivity contribution is 0.289. The van der Waals surface area contributed by atoms with Crippen molar-refractivity contribution < 1.29 is 4.74 Å². The van der Waals surface area contributed by atoms with Crippen molar-refractivity contribution in [1.29, 1.82) is 0 Å². The lowest BCUT2D eigenvalue weighted by Gasteiger charge is -2.25. The second-order valence-electron chi connectivity index (χ2n) is 8.04. The predicted molar refractivity (Wildman–Crippen MR) is 126 cm³/mol. The first kappa shape index (κ1) is 20.5. The fraction of sp³-hybridized carbons (Fsp3) is 0.333. The molecule has 1 aliphatic carbocycles. The van der Waals surface area contributed by atoms with Gasteiger partial charge in [0.1, 0.15) is 12.4 Å². The largest absolute Gasteiger partial charge is 0.492 e. The summed E-state index contributed by atoms with van der Waals surface area (Å²) in [4.78, 5) is 2.34. The molecule has 0 spiro atoms. The molecule has 156 valence electrons. The van der Waals surface area contributed by atoms with E-state index >= 15 is 0 Å². The first-order chi connectivity index (χ1) is 14.9. The molecule has 0 unspecified atom stereocenters. The maximum absolute atomic E-state index is 5.95. The van der Waals surface area contributed by atoms with Crippen molar-refractivity contribution in [2.45, 2.75) is 44.7 Å². The maximum Gasteiger partial charge on any atom is 0.119 e. The van der Waals surface area contributed by atoms with Crippen LogP contribution in [0.1, 0.15) is 37.7 Å². The number of hydrogen-bond donors (Lipinski definition) is 1. The van der Waals surface area contributed by atoms with Gasteiger partial charge in [0.15, 0.2) is 0 Å². The third-order valence-electron chi connectivity index (χ3n) is 5.81. The Morgan fingerprint density at radius 3 is 1.93 bits per heavy atom. The highest BCUT2D eigenvalue weighted by Gasteiger charge is 2.12. The van der Waals surface area contributed by atoms with Gasteiger partial charge in [-0.25, -0.2) is 0 Å². The molecule has 1 aliphatic rings. The summed E-state index contributed by atoms with van der Waals surface area (Å²) in [5.41, 5.74) is 3.64. The zero-order valence-corrected chi connectivity index (χ0v) is 17.7. The summed E-state index contributed by atoms with van der Waals surface area (Å²) in [6, 6.07) is 30.3. The van der Waals surface area contributed by atoms with Crippen LogP contribution in [-0.2, 0) is 6.54 Å². The topological polar surface area (TPSA) is 24.5 Å². The normalized spacial score (nSPS) is 14.4. The van der Waals surface area contributed by atoms with Gasteiger partial charge in [-0.2, -0.15) is 0 Å². The zero-order chi connectivity index (χ0) is 20.4. The van der Waals surface area contributed by atoms with E-state index in [1.165, 1.54) is 49.0 Å². The van der Waals surface area contributed by atoms with Crippen LogP contribution in [0.5, 0.6) is 5.75 Å². The molecule has 4 rings (SSSR count). The monoisotopic (exact) mass is 400 g/mol. The Labute approximate surface area is 180 Å². The van der Waals surface area contributed by atoms with Crippen molar-refractivity contribution in [3.63, 3.8) is 0 Å². The Kier molecular flexibility index (Phi) is 7.41. The summed E-state index contributed by atoms with van der Waals surface area (Å²) >= 11 is 0. The van der Waals surface area contributed by atoms with Crippen LogP contribution in [0.4, 0.5) is 11.4 Å². The quantitative estimate of drug-likeness (QED) is 0.425. The number of para-hydroxylation sites is 2. The second kappa shape index (κ2) is 10.8. The van der Waals surface area contributed by atoms with Gasteiger partial charge in [-0.05, 0) is 54.8 Å². The number of nitrogens with one attached hydrogen (secondary N) is 1. The molecule has 3 nitrogen and oxygen atoms in total. The Balaban J connectivity index is 1.33.